The Balaban J connectivity index is 1.87. The number of halogens is 2. The fraction of sp³-hybridized carbons (Fsp3) is 0.111. The predicted molar refractivity (Wildman–Crippen MR) is 87.3 cm³/mol. The number of fused-ring (bicyclic) bond motifs is 1. The maximum Gasteiger partial charge on any atom is 0.124 e. The summed E-state index contributed by atoms with van der Waals surface area (Å²) in [5, 5.41) is 2.94. The van der Waals surface area contributed by atoms with Gasteiger partial charge in [-0.1, -0.05) is 58.4 Å². The number of alkyl halides is 1. The molecule has 0 aromatic heterocycles. The van der Waals surface area contributed by atoms with Crippen LogP contribution in [0.25, 0.3) is 10.8 Å². The minimum absolute atomic E-state index is 0.248. The minimum Gasteiger partial charge on any atom is -0.489 e. The number of rotatable bonds is 4. The molecular formula is C18H14BrFO. The van der Waals surface area contributed by atoms with Crippen molar-refractivity contribution >= 4 is 26.7 Å². The molecule has 1 nitrogen and oxygen atoms in total. The molecule has 0 bridgehead atoms. The molecule has 0 unspecified atom stereocenters. The van der Waals surface area contributed by atoms with E-state index >= 15 is 0 Å². The van der Waals surface area contributed by atoms with Crippen molar-refractivity contribution < 1.29 is 9.13 Å². The summed E-state index contributed by atoms with van der Waals surface area (Å²) in [4.78, 5) is 0. The van der Waals surface area contributed by atoms with Crippen LogP contribution in [-0.4, -0.2) is 0 Å². The van der Waals surface area contributed by atoms with Crippen molar-refractivity contribution in [2.75, 3.05) is 0 Å². The molecule has 3 heteroatoms. The highest BCUT2D eigenvalue weighted by Crippen LogP contribution is 2.25. The number of ether oxygens (including phenoxy) is 1. The van der Waals surface area contributed by atoms with Crippen LogP contribution in [0.15, 0.2) is 60.7 Å². The molecule has 0 saturated heterocycles. The molecule has 0 fully saturated rings. The molecule has 0 aliphatic carbocycles. The lowest BCUT2D eigenvalue weighted by molar-refractivity contribution is 0.305. The molecule has 0 spiro atoms. The fourth-order valence-electron chi connectivity index (χ4n) is 2.37. The zero-order chi connectivity index (χ0) is 14.7. The Hall–Kier alpha value is -1.87. The van der Waals surface area contributed by atoms with Gasteiger partial charge in [0.25, 0.3) is 0 Å². The molecule has 0 N–H and O–H groups in total. The van der Waals surface area contributed by atoms with Crippen LogP contribution < -0.4 is 4.74 Å². The summed E-state index contributed by atoms with van der Waals surface area (Å²) in [5.41, 5.74) is 1.94. The molecule has 3 aromatic rings. The Morgan fingerprint density at radius 2 is 1.71 bits per heavy atom. The summed E-state index contributed by atoms with van der Waals surface area (Å²) in [6.07, 6.45) is 0. The van der Waals surface area contributed by atoms with Gasteiger partial charge in [-0.3, -0.25) is 0 Å². The molecule has 3 aromatic carbocycles. The van der Waals surface area contributed by atoms with E-state index in [-0.39, 0.29) is 5.82 Å². The van der Waals surface area contributed by atoms with Crippen LogP contribution in [0, 0.1) is 5.82 Å². The monoisotopic (exact) mass is 344 g/mol. The first-order chi connectivity index (χ1) is 10.3. The molecule has 0 amide bonds. The van der Waals surface area contributed by atoms with E-state index in [2.05, 4.69) is 40.2 Å². The largest absolute Gasteiger partial charge is 0.489 e. The Kier molecular flexibility index (Phi) is 4.20. The number of hydrogen-bond acceptors (Lipinski definition) is 1. The smallest absolute Gasteiger partial charge is 0.124 e. The Morgan fingerprint density at radius 1 is 0.905 bits per heavy atom. The maximum atomic E-state index is 13.2. The third-order valence-electron chi connectivity index (χ3n) is 3.43. The van der Waals surface area contributed by atoms with Crippen LogP contribution in [-0.2, 0) is 11.9 Å². The minimum atomic E-state index is -0.248. The standard InChI is InChI=1S/C18H14BrFO/c19-11-15-10-16(20)8-9-18(15)21-12-14-6-3-5-13-4-1-2-7-17(13)14/h1-10H,11-12H2. The molecule has 0 aliphatic heterocycles. The lowest BCUT2D eigenvalue weighted by Gasteiger charge is -2.12. The van der Waals surface area contributed by atoms with Gasteiger partial charge in [0.2, 0.25) is 0 Å². The average molecular weight is 345 g/mol. The van der Waals surface area contributed by atoms with E-state index in [1.807, 2.05) is 18.2 Å². The molecule has 3 rings (SSSR count). The summed E-state index contributed by atoms with van der Waals surface area (Å²) >= 11 is 3.36. The van der Waals surface area contributed by atoms with Crippen molar-refractivity contribution in [3.63, 3.8) is 0 Å². The summed E-state index contributed by atoms with van der Waals surface area (Å²) in [7, 11) is 0. The van der Waals surface area contributed by atoms with E-state index in [1.54, 1.807) is 6.07 Å². The number of benzene rings is 3. The maximum absolute atomic E-state index is 13.2. The van der Waals surface area contributed by atoms with Crippen molar-refractivity contribution in [3.8, 4) is 5.75 Å². The molecule has 0 radical (unpaired) electrons. The fourth-order valence-corrected chi connectivity index (χ4v) is 2.81. The quantitative estimate of drug-likeness (QED) is 0.571. The van der Waals surface area contributed by atoms with Gasteiger partial charge in [0.05, 0.1) is 0 Å². The van der Waals surface area contributed by atoms with Crippen molar-refractivity contribution in [1.29, 1.82) is 0 Å². The molecule has 106 valence electrons. The first-order valence-electron chi connectivity index (χ1n) is 6.72. The molecule has 0 aliphatic rings. The highest BCUT2D eigenvalue weighted by molar-refractivity contribution is 9.08. The van der Waals surface area contributed by atoms with E-state index in [9.17, 15) is 4.39 Å². The summed E-state index contributed by atoms with van der Waals surface area (Å²) < 4.78 is 19.1. The zero-order valence-corrected chi connectivity index (χ0v) is 12.9. The average Bonchev–Trinajstić information content (AvgIpc) is 2.53. The van der Waals surface area contributed by atoms with E-state index in [0.717, 1.165) is 11.1 Å². The summed E-state index contributed by atoms with van der Waals surface area (Å²) in [6.45, 7) is 0.465. The molecule has 0 atom stereocenters. The van der Waals surface area contributed by atoms with Gasteiger partial charge in [0.1, 0.15) is 18.2 Å². The van der Waals surface area contributed by atoms with Gasteiger partial charge in [-0.15, -0.1) is 0 Å². The predicted octanol–water partition coefficient (Wildman–Crippen LogP) is 5.45. The van der Waals surface area contributed by atoms with Crippen molar-refractivity contribution in [2.45, 2.75) is 11.9 Å². The SMILES string of the molecule is Fc1ccc(OCc2cccc3ccccc23)c(CBr)c1. The molecule has 0 heterocycles. The van der Waals surface area contributed by atoms with E-state index in [4.69, 9.17) is 4.74 Å². The second-order valence-electron chi connectivity index (χ2n) is 4.81. The molecule has 21 heavy (non-hydrogen) atoms. The van der Waals surface area contributed by atoms with Gasteiger partial charge in [-0.05, 0) is 34.5 Å². The van der Waals surface area contributed by atoms with Gasteiger partial charge in [-0.25, -0.2) is 4.39 Å². The van der Waals surface area contributed by atoms with Crippen LogP contribution in [0.4, 0.5) is 4.39 Å². The first-order valence-corrected chi connectivity index (χ1v) is 7.84. The Bertz CT molecular complexity index is 765. The highest BCUT2D eigenvalue weighted by Gasteiger charge is 2.06. The number of hydrogen-bond donors (Lipinski definition) is 0. The van der Waals surface area contributed by atoms with Crippen LogP contribution >= 0.6 is 15.9 Å². The second-order valence-corrected chi connectivity index (χ2v) is 5.37. The van der Waals surface area contributed by atoms with Crippen molar-refractivity contribution in [1.82, 2.24) is 0 Å². The topological polar surface area (TPSA) is 9.23 Å². The molecular weight excluding hydrogens is 331 g/mol. The van der Waals surface area contributed by atoms with Gasteiger partial charge in [-0.2, -0.15) is 0 Å². The highest BCUT2D eigenvalue weighted by atomic mass is 79.9. The van der Waals surface area contributed by atoms with Gasteiger partial charge in [0, 0.05) is 10.9 Å². The normalized spacial score (nSPS) is 10.8. The van der Waals surface area contributed by atoms with Crippen molar-refractivity contribution in [3.05, 3.63) is 77.6 Å². The Morgan fingerprint density at radius 3 is 2.57 bits per heavy atom. The van der Waals surface area contributed by atoms with Crippen LogP contribution in [0.5, 0.6) is 5.75 Å². The lowest BCUT2D eigenvalue weighted by Crippen LogP contribution is -1.99. The second kappa shape index (κ2) is 6.27. The molecule has 0 saturated carbocycles. The van der Waals surface area contributed by atoms with Crippen LogP contribution in [0.2, 0.25) is 0 Å². The van der Waals surface area contributed by atoms with Gasteiger partial charge < -0.3 is 4.74 Å². The van der Waals surface area contributed by atoms with Crippen molar-refractivity contribution in [2.24, 2.45) is 0 Å². The lowest BCUT2D eigenvalue weighted by atomic mass is 10.1. The first kappa shape index (κ1) is 14.1. The third-order valence-corrected chi connectivity index (χ3v) is 4.03. The van der Waals surface area contributed by atoms with Gasteiger partial charge >= 0.3 is 0 Å². The van der Waals surface area contributed by atoms with Gasteiger partial charge in [0.15, 0.2) is 0 Å². The third kappa shape index (κ3) is 3.08. The summed E-state index contributed by atoms with van der Waals surface area (Å²) in [5.74, 6) is 0.461. The zero-order valence-electron chi connectivity index (χ0n) is 11.4. The Labute approximate surface area is 131 Å². The van der Waals surface area contributed by atoms with Crippen LogP contribution in [0.3, 0.4) is 0 Å². The van der Waals surface area contributed by atoms with Crippen LogP contribution in [0.1, 0.15) is 11.1 Å². The van der Waals surface area contributed by atoms with E-state index in [1.165, 1.54) is 22.9 Å². The van der Waals surface area contributed by atoms with E-state index < -0.39 is 0 Å². The van der Waals surface area contributed by atoms with E-state index in [0.29, 0.717) is 17.7 Å². The summed E-state index contributed by atoms with van der Waals surface area (Å²) in [6, 6.07) is 19.0.